The number of aromatic nitrogens is 4. The molecule has 0 radical (unpaired) electrons. The number of carboxylic acid groups (broad SMARTS) is 1. The monoisotopic (exact) mass is 514 g/mol. The van der Waals surface area contributed by atoms with Gasteiger partial charge in [0.25, 0.3) is 5.91 Å². The Balaban J connectivity index is 0.00000272. The first-order valence-corrected chi connectivity index (χ1v) is 11.2. The third-order valence-corrected chi connectivity index (χ3v) is 5.35. The van der Waals surface area contributed by atoms with Crippen molar-refractivity contribution in [3.8, 4) is 0 Å². The van der Waals surface area contributed by atoms with Gasteiger partial charge in [0.1, 0.15) is 6.04 Å². The molecule has 9 nitrogen and oxygen atoms in total. The molecule has 0 aliphatic heterocycles. The molecule has 4 N–H and O–H groups in total. The highest BCUT2D eigenvalue weighted by Crippen LogP contribution is 2.14. The van der Waals surface area contributed by atoms with Gasteiger partial charge < -0.3 is 20.4 Å². The van der Waals surface area contributed by atoms with Gasteiger partial charge in [-0.1, -0.05) is 12.1 Å². The number of aliphatic carboxylic acids is 1. The zero-order valence-electron chi connectivity index (χ0n) is 18.1. The van der Waals surface area contributed by atoms with E-state index in [0.29, 0.717) is 37.4 Å². The van der Waals surface area contributed by atoms with Crippen LogP contribution in [-0.4, -0.2) is 59.9 Å². The molecule has 0 saturated carbocycles. The second-order valence-corrected chi connectivity index (χ2v) is 8.13. The summed E-state index contributed by atoms with van der Waals surface area (Å²) in [5, 5.41) is 12.0. The van der Waals surface area contributed by atoms with E-state index in [1.165, 1.54) is 0 Å². The van der Waals surface area contributed by atoms with Crippen LogP contribution in [0.25, 0.3) is 0 Å². The molecular weight excluding hydrogens is 487 g/mol. The molecule has 0 aliphatic rings. The number of carboxylic acids is 1. The van der Waals surface area contributed by atoms with E-state index in [4.69, 9.17) is 0 Å². The van der Waals surface area contributed by atoms with Crippen LogP contribution in [0.5, 0.6) is 0 Å². The van der Waals surface area contributed by atoms with Crippen LogP contribution in [0.1, 0.15) is 33.7 Å². The van der Waals surface area contributed by atoms with E-state index in [1.54, 1.807) is 48.9 Å². The van der Waals surface area contributed by atoms with E-state index in [1.807, 2.05) is 18.4 Å². The Morgan fingerprint density at radius 3 is 2.24 bits per heavy atom. The molecule has 3 aromatic rings. The van der Waals surface area contributed by atoms with E-state index >= 15 is 0 Å². The van der Waals surface area contributed by atoms with Crippen LogP contribution in [0.2, 0.25) is 0 Å². The summed E-state index contributed by atoms with van der Waals surface area (Å²) < 4.78 is 0. The summed E-state index contributed by atoms with van der Waals surface area (Å²) in [4.78, 5) is 40.7. The minimum atomic E-state index is -1.02. The van der Waals surface area contributed by atoms with Gasteiger partial charge in [-0.3, -0.25) is 9.69 Å². The number of amides is 1. The SMILES string of the molecule is CSCC[C@H](NC(=O)c1cccc(CN(Cc2cnc[nH]2)Cc2cnc[nH]2)c1)C(=O)O.Cl.Cl. The van der Waals surface area contributed by atoms with Gasteiger partial charge in [0.15, 0.2) is 0 Å². The topological polar surface area (TPSA) is 127 Å². The number of imidazole rings is 2. The maximum Gasteiger partial charge on any atom is 0.326 e. The molecule has 0 unspecified atom stereocenters. The Bertz CT molecular complexity index is 936. The third kappa shape index (κ3) is 9.09. The summed E-state index contributed by atoms with van der Waals surface area (Å²) in [6.45, 7) is 1.88. The number of nitrogens with zero attached hydrogens (tertiary/aromatic N) is 3. The summed E-state index contributed by atoms with van der Waals surface area (Å²) in [6.07, 6.45) is 9.14. The van der Waals surface area contributed by atoms with Gasteiger partial charge in [0.2, 0.25) is 0 Å². The Morgan fingerprint density at radius 1 is 1.09 bits per heavy atom. The number of nitrogens with one attached hydrogen (secondary N) is 3. The van der Waals surface area contributed by atoms with Crippen LogP contribution in [-0.2, 0) is 24.4 Å². The number of hydrogen-bond acceptors (Lipinski definition) is 6. The highest BCUT2D eigenvalue weighted by atomic mass is 35.5. The number of hydrogen-bond donors (Lipinski definition) is 4. The fraction of sp³-hybridized carbons (Fsp3) is 0.333. The predicted octanol–water partition coefficient (Wildman–Crippen LogP) is 3.11. The third-order valence-electron chi connectivity index (χ3n) is 4.71. The van der Waals surface area contributed by atoms with Crippen molar-refractivity contribution in [2.24, 2.45) is 0 Å². The molecule has 12 heteroatoms. The van der Waals surface area contributed by atoms with E-state index in [-0.39, 0.29) is 30.7 Å². The predicted molar refractivity (Wildman–Crippen MR) is 133 cm³/mol. The van der Waals surface area contributed by atoms with Crippen LogP contribution in [0.3, 0.4) is 0 Å². The zero-order chi connectivity index (χ0) is 22.1. The minimum absolute atomic E-state index is 0. The molecule has 0 spiro atoms. The van der Waals surface area contributed by atoms with Gasteiger partial charge in [-0.25, -0.2) is 14.8 Å². The lowest BCUT2D eigenvalue weighted by Gasteiger charge is -2.21. The lowest BCUT2D eigenvalue weighted by Crippen LogP contribution is -2.41. The number of rotatable bonds is 12. The molecule has 0 aliphatic carbocycles. The molecule has 2 aromatic heterocycles. The summed E-state index contributed by atoms with van der Waals surface area (Å²) in [5.74, 6) is -0.749. The van der Waals surface area contributed by atoms with Gasteiger partial charge in [0.05, 0.1) is 12.7 Å². The lowest BCUT2D eigenvalue weighted by molar-refractivity contribution is -0.139. The average molecular weight is 515 g/mol. The highest BCUT2D eigenvalue weighted by molar-refractivity contribution is 7.98. The van der Waals surface area contributed by atoms with Crippen molar-refractivity contribution in [3.05, 3.63) is 71.8 Å². The molecule has 180 valence electrons. The molecule has 2 heterocycles. The fourth-order valence-electron chi connectivity index (χ4n) is 3.20. The van der Waals surface area contributed by atoms with Crippen LogP contribution >= 0.6 is 36.6 Å². The maximum atomic E-state index is 12.7. The minimum Gasteiger partial charge on any atom is -0.480 e. The first-order valence-electron chi connectivity index (χ1n) is 9.83. The zero-order valence-corrected chi connectivity index (χ0v) is 20.5. The first kappa shape index (κ1) is 28.5. The van der Waals surface area contributed by atoms with Crippen molar-refractivity contribution in [1.29, 1.82) is 0 Å². The molecule has 0 bridgehead atoms. The van der Waals surface area contributed by atoms with E-state index in [9.17, 15) is 14.7 Å². The Labute approximate surface area is 209 Å². The van der Waals surface area contributed by atoms with Gasteiger partial charge in [0, 0.05) is 49.0 Å². The van der Waals surface area contributed by atoms with Gasteiger partial charge in [-0.2, -0.15) is 11.8 Å². The van der Waals surface area contributed by atoms with Crippen molar-refractivity contribution in [1.82, 2.24) is 30.2 Å². The van der Waals surface area contributed by atoms with Crippen molar-refractivity contribution in [2.75, 3.05) is 12.0 Å². The van der Waals surface area contributed by atoms with Crippen molar-refractivity contribution in [2.45, 2.75) is 32.1 Å². The smallest absolute Gasteiger partial charge is 0.326 e. The largest absolute Gasteiger partial charge is 0.480 e. The number of carbonyl (C=O) groups is 2. The van der Waals surface area contributed by atoms with Gasteiger partial charge >= 0.3 is 5.97 Å². The van der Waals surface area contributed by atoms with Crippen LogP contribution < -0.4 is 5.32 Å². The number of thioether (sulfide) groups is 1. The van der Waals surface area contributed by atoms with Gasteiger partial charge in [-0.15, -0.1) is 24.8 Å². The average Bonchev–Trinajstić information content (AvgIpc) is 3.45. The standard InChI is InChI=1S/C21H26N6O3S.2ClH/c1-31-6-5-19(21(29)30)26-20(28)16-4-2-3-15(7-16)10-27(11-17-8-22-13-24-17)12-18-9-23-14-25-18;;/h2-4,7-9,13-14,19H,5-6,10-12H2,1H3,(H,22,24)(H,23,25)(H,26,28)(H,29,30);2*1H/t19-;;/m0../s1. The number of aromatic amines is 2. The molecule has 0 fully saturated rings. The number of benzene rings is 1. The first-order chi connectivity index (χ1) is 15.0. The number of carbonyl (C=O) groups excluding carboxylic acids is 1. The molecule has 0 saturated heterocycles. The van der Waals surface area contributed by atoms with E-state index in [0.717, 1.165) is 17.0 Å². The van der Waals surface area contributed by atoms with Crippen LogP contribution in [0, 0.1) is 0 Å². The summed E-state index contributed by atoms with van der Waals surface area (Å²) in [7, 11) is 0. The van der Waals surface area contributed by atoms with Crippen LogP contribution in [0.15, 0.2) is 49.3 Å². The van der Waals surface area contributed by atoms with Crippen molar-refractivity contribution < 1.29 is 14.7 Å². The van der Waals surface area contributed by atoms with E-state index < -0.39 is 12.0 Å². The molecule has 1 aromatic carbocycles. The second-order valence-electron chi connectivity index (χ2n) is 7.14. The van der Waals surface area contributed by atoms with Crippen molar-refractivity contribution in [3.63, 3.8) is 0 Å². The molecule has 3 rings (SSSR count). The van der Waals surface area contributed by atoms with E-state index in [2.05, 4.69) is 30.2 Å². The maximum absolute atomic E-state index is 12.7. The fourth-order valence-corrected chi connectivity index (χ4v) is 3.67. The molecule has 1 amide bonds. The Morgan fingerprint density at radius 2 is 1.73 bits per heavy atom. The van der Waals surface area contributed by atoms with Crippen LogP contribution in [0.4, 0.5) is 0 Å². The van der Waals surface area contributed by atoms with Crippen molar-refractivity contribution >= 4 is 48.5 Å². The summed E-state index contributed by atoms with van der Waals surface area (Å²) in [5.41, 5.74) is 3.34. The van der Waals surface area contributed by atoms with Gasteiger partial charge in [-0.05, 0) is 36.1 Å². The lowest BCUT2D eigenvalue weighted by atomic mass is 10.1. The summed E-state index contributed by atoms with van der Waals surface area (Å²) in [6, 6.07) is 6.36. The Kier molecular flexibility index (Phi) is 12.6. The Hall–Kier alpha value is -2.53. The molecule has 33 heavy (non-hydrogen) atoms. The number of halogens is 2. The normalized spacial score (nSPS) is 11.3. The second kappa shape index (κ2) is 14.6. The highest BCUT2D eigenvalue weighted by Gasteiger charge is 2.20. The molecule has 1 atom stereocenters. The molecular formula is C21H28Cl2N6O3S. The summed E-state index contributed by atoms with van der Waals surface area (Å²) >= 11 is 1.55. The quantitative estimate of drug-likeness (QED) is 0.292. The number of H-pyrrole nitrogens is 2.